The zero-order valence-electron chi connectivity index (χ0n) is 11.0. The van der Waals surface area contributed by atoms with Gasteiger partial charge in [-0.2, -0.15) is 0 Å². The number of anilines is 1. The van der Waals surface area contributed by atoms with Gasteiger partial charge in [0.2, 0.25) is 0 Å². The third kappa shape index (κ3) is 3.13. The minimum atomic E-state index is -0.374. The minimum Gasteiger partial charge on any atom is -0.487 e. The Kier molecular flexibility index (Phi) is 4.07. The Morgan fingerprint density at radius 2 is 2.00 bits per heavy atom. The molecular formula is C14H21FN2O. The molecule has 0 atom stereocenters. The monoisotopic (exact) mass is 252 g/mol. The Labute approximate surface area is 108 Å². The van der Waals surface area contributed by atoms with Crippen LogP contribution in [-0.2, 0) is 0 Å². The maximum absolute atomic E-state index is 13.6. The van der Waals surface area contributed by atoms with Gasteiger partial charge in [0.05, 0.1) is 0 Å². The van der Waals surface area contributed by atoms with Crippen LogP contribution >= 0.6 is 0 Å². The number of rotatable bonds is 3. The molecule has 1 aliphatic rings. The molecule has 3 nitrogen and oxygen atoms in total. The summed E-state index contributed by atoms with van der Waals surface area (Å²) in [6.45, 7) is 6.42. The number of ether oxygens (including phenoxy) is 1. The predicted molar refractivity (Wildman–Crippen MR) is 71.2 cm³/mol. The first-order chi connectivity index (χ1) is 8.56. The Morgan fingerprint density at radius 3 is 2.56 bits per heavy atom. The van der Waals surface area contributed by atoms with Gasteiger partial charge in [0.1, 0.15) is 6.10 Å². The van der Waals surface area contributed by atoms with Gasteiger partial charge >= 0.3 is 0 Å². The zero-order valence-corrected chi connectivity index (χ0v) is 11.0. The number of nitrogens with two attached hydrogens (primary N) is 1. The third-order valence-electron chi connectivity index (χ3n) is 3.46. The van der Waals surface area contributed by atoms with E-state index in [4.69, 9.17) is 10.5 Å². The first-order valence-corrected chi connectivity index (χ1v) is 6.52. The molecule has 18 heavy (non-hydrogen) atoms. The largest absolute Gasteiger partial charge is 0.487 e. The lowest BCUT2D eigenvalue weighted by atomic mass is 10.1. The molecule has 100 valence electrons. The summed E-state index contributed by atoms with van der Waals surface area (Å²) in [6, 6.07) is 5.15. The predicted octanol–water partition coefficient (Wildman–Crippen LogP) is 2.66. The van der Waals surface area contributed by atoms with Gasteiger partial charge in [-0.25, -0.2) is 4.39 Å². The molecule has 1 aromatic rings. The first-order valence-electron chi connectivity index (χ1n) is 6.52. The van der Waals surface area contributed by atoms with Crippen LogP contribution < -0.4 is 10.5 Å². The van der Waals surface area contributed by atoms with E-state index >= 15 is 0 Å². The summed E-state index contributed by atoms with van der Waals surface area (Å²) in [6.07, 6.45) is 2.00. The molecule has 1 aromatic carbocycles. The van der Waals surface area contributed by atoms with Gasteiger partial charge in [-0.3, -0.25) is 0 Å². The summed E-state index contributed by atoms with van der Waals surface area (Å²) in [5.41, 5.74) is 5.94. The molecule has 1 fully saturated rings. The topological polar surface area (TPSA) is 38.5 Å². The van der Waals surface area contributed by atoms with Crippen molar-refractivity contribution >= 4 is 5.69 Å². The van der Waals surface area contributed by atoms with Crippen molar-refractivity contribution in [2.45, 2.75) is 38.8 Å². The highest BCUT2D eigenvalue weighted by atomic mass is 19.1. The Morgan fingerprint density at radius 1 is 1.33 bits per heavy atom. The molecular weight excluding hydrogens is 231 g/mol. The van der Waals surface area contributed by atoms with Crippen LogP contribution in [-0.4, -0.2) is 30.1 Å². The van der Waals surface area contributed by atoms with E-state index in [-0.39, 0.29) is 11.9 Å². The Balaban J connectivity index is 1.91. The second-order valence-electron chi connectivity index (χ2n) is 5.14. The molecule has 1 heterocycles. The summed E-state index contributed by atoms with van der Waals surface area (Å²) >= 11 is 0. The molecule has 1 aliphatic heterocycles. The maximum atomic E-state index is 13.6. The molecule has 0 amide bonds. The summed E-state index contributed by atoms with van der Waals surface area (Å²) in [5.74, 6) is -0.0616. The summed E-state index contributed by atoms with van der Waals surface area (Å²) in [7, 11) is 0. The van der Waals surface area contributed by atoms with E-state index in [2.05, 4.69) is 18.7 Å². The van der Waals surface area contributed by atoms with Crippen molar-refractivity contribution < 1.29 is 9.13 Å². The van der Waals surface area contributed by atoms with Gasteiger partial charge in [-0.1, -0.05) is 0 Å². The smallest absolute Gasteiger partial charge is 0.167 e. The number of nitrogens with zero attached hydrogens (tertiary/aromatic N) is 1. The van der Waals surface area contributed by atoms with Crippen LogP contribution in [0.1, 0.15) is 26.7 Å². The van der Waals surface area contributed by atoms with Gasteiger partial charge in [-0.05, 0) is 38.8 Å². The number of likely N-dealkylation sites (tertiary alicyclic amines) is 1. The number of piperidine rings is 1. The lowest BCUT2D eigenvalue weighted by molar-refractivity contribution is 0.0816. The van der Waals surface area contributed by atoms with Crippen molar-refractivity contribution in [2.24, 2.45) is 0 Å². The minimum absolute atomic E-state index is 0.109. The third-order valence-corrected chi connectivity index (χ3v) is 3.46. The van der Waals surface area contributed by atoms with Gasteiger partial charge < -0.3 is 15.4 Å². The van der Waals surface area contributed by atoms with E-state index in [0.29, 0.717) is 17.5 Å². The first kappa shape index (κ1) is 13.1. The number of nitrogen functional groups attached to an aromatic ring is 1. The van der Waals surface area contributed by atoms with Crippen molar-refractivity contribution in [3.05, 3.63) is 24.0 Å². The van der Waals surface area contributed by atoms with Crippen molar-refractivity contribution in [2.75, 3.05) is 18.8 Å². The van der Waals surface area contributed by atoms with E-state index in [1.54, 1.807) is 12.1 Å². The molecule has 0 aliphatic carbocycles. The Hall–Kier alpha value is -1.29. The SMILES string of the molecule is CC(C)N1CCC(Oc2ccc(N)cc2F)CC1. The van der Waals surface area contributed by atoms with Crippen LogP contribution in [0.2, 0.25) is 0 Å². The highest BCUT2D eigenvalue weighted by Crippen LogP contribution is 2.24. The second kappa shape index (κ2) is 5.57. The van der Waals surface area contributed by atoms with Crippen LogP contribution in [0.4, 0.5) is 10.1 Å². The molecule has 2 rings (SSSR count). The van der Waals surface area contributed by atoms with Gasteiger partial charge in [0.25, 0.3) is 0 Å². The standard InChI is InChI=1S/C14H21FN2O/c1-10(2)17-7-5-12(6-8-17)18-14-4-3-11(16)9-13(14)15/h3-4,9-10,12H,5-8,16H2,1-2H3. The van der Waals surface area contributed by atoms with Crippen LogP contribution in [0.5, 0.6) is 5.75 Å². The number of benzene rings is 1. The van der Waals surface area contributed by atoms with Crippen molar-refractivity contribution in [1.82, 2.24) is 4.90 Å². The molecule has 0 spiro atoms. The van der Waals surface area contributed by atoms with Crippen molar-refractivity contribution in [3.8, 4) is 5.75 Å². The lowest BCUT2D eigenvalue weighted by Crippen LogP contribution is -2.41. The highest BCUT2D eigenvalue weighted by Gasteiger charge is 2.22. The number of halogens is 1. The second-order valence-corrected chi connectivity index (χ2v) is 5.14. The van der Waals surface area contributed by atoms with Gasteiger partial charge in [0, 0.05) is 30.9 Å². The molecule has 0 radical (unpaired) electrons. The van der Waals surface area contributed by atoms with E-state index in [1.807, 2.05) is 0 Å². The van der Waals surface area contributed by atoms with Gasteiger partial charge in [0.15, 0.2) is 11.6 Å². The average Bonchev–Trinajstić information content (AvgIpc) is 2.33. The van der Waals surface area contributed by atoms with E-state index in [1.165, 1.54) is 6.07 Å². The fourth-order valence-corrected chi connectivity index (χ4v) is 2.30. The molecule has 0 saturated carbocycles. The summed E-state index contributed by atoms with van der Waals surface area (Å²) in [5, 5.41) is 0. The fourth-order valence-electron chi connectivity index (χ4n) is 2.30. The van der Waals surface area contributed by atoms with E-state index in [0.717, 1.165) is 25.9 Å². The zero-order chi connectivity index (χ0) is 13.1. The molecule has 4 heteroatoms. The van der Waals surface area contributed by atoms with Crippen LogP contribution in [0.15, 0.2) is 18.2 Å². The lowest BCUT2D eigenvalue weighted by Gasteiger charge is -2.34. The fraction of sp³-hybridized carbons (Fsp3) is 0.571. The molecule has 2 N–H and O–H groups in total. The molecule has 0 aromatic heterocycles. The van der Waals surface area contributed by atoms with E-state index in [9.17, 15) is 4.39 Å². The Bertz CT molecular complexity index is 401. The normalized spacial score (nSPS) is 18.2. The van der Waals surface area contributed by atoms with Crippen molar-refractivity contribution in [1.29, 1.82) is 0 Å². The van der Waals surface area contributed by atoms with Crippen molar-refractivity contribution in [3.63, 3.8) is 0 Å². The number of hydrogen-bond donors (Lipinski definition) is 1. The van der Waals surface area contributed by atoms with Crippen LogP contribution in [0.3, 0.4) is 0 Å². The van der Waals surface area contributed by atoms with Crippen LogP contribution in [0, 0.1) is 5.82 Å². The molecule has 1 saturated heterocycles. The van der Waals surface area contributed by atoms with E-state index < -0.39 is 0 Å². The summed E-state index contributed by atoms with van der Waals surface area (Å²) in [4.78, 5) is 2.42. The molecule has 0 unspecified atom stereocenters. The molecule has 0 bridgehead atoms. The maximum Gasteiger partial charge on any atom is 0.167 e. The summed E-state index contributed by atoms with van der Waals surface area (Å²) < 4.78 is 19.3. The quantitative estimate of drug-likeness (QED) is 0.840. The van der Waals surface area contributed by atoms with Crippen LogP contribution in [0.25, 0.3) is 0 Å². The number of hydrogen-bond acceptors (Lipinski definition) is 3. The highest BCUT2D eigenvalue weighted by molar-refractivity contribution is 5.42. The average molecular weight is 252 g/mol. The van der Waals surface area contributed by atoms with Gasteiger partial charge in [-0.15, -0.1) is 0 Å².